The van der Waals surface area contributed by atoms with Gasteiger partial charge in [-0.2, -0.15) is 0 Å². The fourth-order valence-corrected chi connectivity index (χ4v) is 0.926. The Balaban J connectivity index is 3.67. The third-order valence-corrected chi connectivity index (χ3v) is 1.98. The fraction of sp³-hybridized carbons (Fsp3) is 0.857. The van der Waals surface area contributed by atoms with Gasteiger partial charge in [0.05, 0.1) is 6.61 Å². The molecule has 0 radical (unpaired) electrons. The van der Waals surface area contributed by atoms with Gasteiger partial charge in [0, 0.05) is 6.42 Å². The molecule has 5 heteroatoms. The number of aliphatic hydroxyl groups excluding tert-OH is 2. The minimum absolute atomic E-state index is 0.320. The van der Waals surface area contributed by atoms with E-state index < -0.39 is 17.7 Å². The monoisotopic (exact) mass is 240 g/mol. The van der Waals surface area contributed by atoms with Crippen molar-refractivity contribution in [1.82, 2.24) is 0 Å². The molecule has 0 aliphatic heterocycles. The minimum Gasteiger partial charge on any atom is -0.448 e. The Hall–Kier alpha value is -0.130. The number of hydrogen-bond acceptors (Lipinski definition) is 4. The smallest absolute Gasteiger partial charge is 0.306 e. The maximum absolute atomic E-state index is 10.8. The Morgan fingerprint density at radius 1 is 1.67 bits per heavy atom. The van der Waals surface area contributed by atoms with Crippen molar-refractivity contribution in [3.8, 4) is 0 Å². The molecule has 0 aromatic heterocycles. The van der Waals surface area contributed by atoms with Gasteiger partial charge in [0.15, 0.2) is 5.01 Å². The molecule has 0 amide bonds. The van der Waals surface area contributed by atoms with Gasteiger partial charge in [0.25, 0.3) is 0 Å². The van der Waals surface area contributed by atoms with Gasteiger partial charge in [-0.1, -0.05) is 6.92 Å². The van der Waals surface area contributed by atoms with E-state index >= 15 is 0 Å². The fourth-order valence-electron chi connectivity index (χ4n) is 0.550. The largest absolute Gasteiger partial charge is 0.448 e. The van der Waals surface area contributed by atoms with Crippen molar-refractivity contribution in [1.29, 1.82) is 0 Å². The molecule has 2 N–H and O–H groups in total. The molecule has 12 heavy (non-hydrogen) atoms. The Morgan fingerprint density at radius 2 is 2.25 bits per heavy atom. The lowest BCUT2D eigenvalue weighted by Crippen LogP contribution is -2.28. The molecule has 0 fully saturated rings. The summed E-state index contributed by atoms with van der Waals surface area (Å²) in [5.74, 6) is -0.383. The molecular weight excluding hydrogens is 228 g/mol. The van der Waals surface area contributed by atoms with Gasteiger partial charge in [-0.25, -0.2) is 0 Å². The predicted molar refractivity (Wildman–Crippen MR) is 46.8 cm³/mol. The van der Waals surface area contributed by atoms with Crippen molar-refractivity contribution >= 4 is 21.9 Å². The Morgan fingerprint density at radius 3 is 2.67 bits per heavy atom. The highest BCUT2D eigenvalue weighted by Crippen LogP contribution is 2.09. The van der Waals surface area contributed by atoms with Crippen molar-refractivity contribution in [3.05, 3.63) is 0 Å². The Kier molecular flexibility index (Phi) is 6.32. The lowest BCUT2D eigenvalue weighted by atomic mass is 10.3. The molecular formula is C7H13BrO4. The Labute approximate surface area is 79.7 Å². The van der Waals surface area contributed by atoms with Gasteiger partial charge >= 0.3 is 5.97 Å². The molecule has 0 rings (SSSR count). The van der Waals surface area contributed by atoms with Crippen LogP contribution in [-0.2, 0) is 9.53 Å². The molecule has 0 saturated heterocycles. The topological polar surface area (TPSA) is 66.8 Å². The number of rotatable bonds is 5. The summed E-state index contributed by atoms with van der Waals surface area (Å²) >= 11 is 2.92. The molecule has 4 nitrogen and oxygen atoms in total. The van der Waals surface area contributed by atoms with Crippen LogP contribution in [0.1, 0.15) is 19.8 Å². The van der Waals surface area contributed by atoms with E-state index in [-0.39, 0.29) is 5.97 Å². The second-order valence-electron chi connectivity index (χ2n) is 2.34. The number of carbonyl (C=O) groups is 1. The summed E-state index contributed by atoms with van der Waals surface area (Å²) in [5, 5.41) is 16.6. The molecule has 0 heterocycles. The van der Waals surface area contributed by atoms with E-state index in [0.717, 1.165) is 0 Å². The zero-order valence-electron chi connectivity index (χ0n) is 6.86. The van der Waals surface area contributed by atoms with Crippen LogP contribution in [0.4, 0.5) is 0 Å². The zero-order chi connectivity index (χ0) is 9.56. The lowest BCUT2D eigenvalue weighted by Gasteiger charge is -2.15. The van der Waals surface area contributed by atoms with Gasteiger partial charge in [-0.05, 0) is 22.4 Å². The summed E-state index contributed by atoms with van der Waals surface area (Å²) in [4.78, 5) is 10.8. The number of carbonyl (C=O) groups excluding carboxylic acids is 1. The summed E-state index contributed by atoms with van der Waals surface area (Å²) in [5.41, 5.74) is 0. The molecule has 0 aliphatic rings. The number of hydrogen-bond donors (Lipinski definition) is 2. The van der Waals surface area contributed by atoms with E-state index in [1.54, 1.807) is 0 Å². The van der Waals surface area contributed by atoms with Crippen molar-refractivity contribution in [2.45, 2.75) is 30.9 Å². The third-order valence-electron chi connectivity index (χ3n) is 1.19. The SMILES string of the molecule is CCCC(=O)OC(Br)C(O)CO. The first-order valence-corrected chi connectivity index (χ1v) is 4.65. The average Bonchev–Trinajstić information content (AvgIpc) is 2.03. The second-order valence-corrected chi connectivity index (χ2v) is 3.24. The number of esters is 1. The lowest BCUT2D eigenvalue weighted by molar-refractivity contribution is -0.149. The van der Waals surface area contributed by atoms with E-state index in [1.807, 2.05) is 6.92 Å². The molecule has 0 aromatic rings. The summed E-state index contributed by atoms with van der Waals surface area (Å²) in [7, 11) is 0. The standard InChI is InChI=1S/C7H13BrO4/c1-2-3-6(11)12-7(8)5(10)4-9/h5,7,9-10H,2-4H2,1H3. The van der Waals surface area contributed by atoms with Crippen LogP contribution in [0.3, 0.4) is 0 Å². The molecule has 0 spiro atoms. The van der Waals surface area contributed by atoms with Crippen molar-refractivity contribution in [3.63, 3.8) is 0 Å². The molecule has 0 bridgehead atoms. The van der Waals surface area contributed by atoms with Gasteiger partial charge in [-0.3, -0.25) is 4.79 Å². The summed E-state index contributed by atoms with van der Waals surface area (Å²) in [6.45, 7) is 1.42. The molecule has 2 unspecified atom stereocenters. The summed E-state index contributed by atoms with van der Waals surface area (Å²) in [6.07, 6.45) is -0.0422. The molecule has 0 aromatic carbocycles. The van der Waals surface area contributed by atoms with E-state index in [2.05, 4.69) is 15.9 Å². The van der Waals surface area contributed by atoms with Crippen LogP contribution >= 0.6 is 15.9 Å². The summed E-state index contributed by atoms with van der Waals surface area (Å²) in [6, 6.07) is 0. The van der Waals surface area contributed by atoms with Crippen molar-refractivity contribution in [2.24, 2.45) is 0 Å². The van der Waals surface area contributed by atoms with E-state index in [9.17, 15) is 4.79 Å². The maximum atomic E-state index is 10.8. The first-order chi connectivity index (χ1) is 5.61. The van der Waals surface area contributed by atoms with Gasteiger partial charge in [0.1, 0.15) is 6.10 Å². The van der Waals surface area contributed by atoms with E-state index in [4.69, 9.17) is 14.9 Å². The minimum atomic E-state index is -1.06. The number of ether oxygens (including phenoxy) is 1. The van der Waals surface area contributed by atoms with Crippen LogP contribution < -0.4 is 0 Å². The normalized spacial score (nSPS) is 15.3. The van der Waals surface area contributed by atoms with Crippen LogP contribution in [0.2, 0.25) is 0 Å². The van der Waals surface area contributed by atoms with Crippen LogP contribution in [-0.4, -0.2) is 33.9 Å². The van der Waals surface area contributed by atoms with Crippen LogP contribution in [0.25, 0.3) is 0 Å². The molecule has 0 saturated carbocycles. The zero-order valence-corrected chi connectivity index (χ0v) is 8.45. The van der Waals surface area contributed by atoms with Gasteiger partial charge in [-0.15, -0.1) is 0 Å². The van der Waals surface area contributed by atoms with Crippen molar-refractivity contribution < 1.29 is 19.7 Å². The number of halogens is 1. The van der Waals surface area contributed by atoms with Crippen molar-refractivity contribution in [2.75, 3.05) is 6.61 Å². The Bertz CT molecular complexity index is 139. The number of aliphatic hydroxyl groups is 2. The molecule has 0 aliphatic carbocycles. The average molecular weight is 241 g/mol. The quantitative estimate of drug-likeness (QED) is 0.540. The highest BCUT2D eigenvalue weighted by Gasteiger charge is 2.18. The van der Waals surface area contributed by atoms with Crippen LogP contribution in [0, 0.1) is 0 Å². The first-order valence-electron chi connectivity index (χ1n) is 3.74. The van der Waals surface area contributed by atoms with E-state index in [1.165, 1.54) is 0 Å². The van der Waals surface area contributed by atoms with E-state index in [0.29, 0.717) is 12.8 Å². The number of alkyl halides is 1. The van der Waals surface area contributed by atoms with Gasteiger partial charge < -0.3 is 14.9 Å². The van der Waals surface area contributed by atoms with Crippen LogP contribution in [0.5, 0.6) is 0 Å². The summed E-state index contributed by atoms with van der Waals surface area (Å²) < 4.78 is 4.71. The molecule has 2 atom stereocenters. The highest BCUT2D eigenvalue weighted by atomic mass is 79.9. The van der Waals surface area contributed by atoms with Crippen LogP contribution in [0.15, 0.2) is 0 Å². The third kappa shape index (κ3) is 4.69. The second kappa shape index (κ2) is 6.39. The predicted octanol–water partition coefficient (Wildman–Crippen LogP) is 0.404. The molecule has 72 valence electrons. The van der Waals surface area contributed by atoms with Gasteiger partial charge in [0.2, 0.25) is 0 Å². The highest BCUT2D eigenvalue weighted by molar-refractivity contribution is 9.09. The first kappa shape index (κ1) is 11.9. The maximum Gasteiger partial charge on any atom is 0.306 e.